The first kappa shape index (κ1) is 7.35. The molecule has 0 bridgehead atoms. The summed E-state index contributed by atoms with van der Waals surface area (Å²) in [6.07, 6.45) is 4.91. The highest BCUT2D eigenvalue weighted by atomic mass is 16.3. The lowest BCUT2D eigenvalue weighted by atomic mass is 10.0. The van der Waals surface area contributed by atoms with Crippen LogP contribution in [0, 0.1) is 17.3 Å². The second-order valence-corrected chi connectivity index (χ2v) is 4.35. The third-order valence-corrected chi connectivity index (χ3v) is 3.59. The summed E-state index contributed by atoms with van der Waals surface area (Å²) in [6.45, 7) is 4.77. The van der Waals surface area contributed by atoms with E-state index in [9.17, 15) is 0 Å². The second-order valence-electron chi connectivity index (χ2n) is 4.35. The van der Waals surface area contributed by atoms with Crippen molar-refractivity contribution in [3.05, 3.63) is 11.6 Å². The van der Waals surface area contributed by atoms with Crippen molar-refractivity contribution in [1.29, 1.82) is 0 Å². The molecule has 3 atom stereocenters. The molecule has 1 N–H and O–H groups in total. The van der Waals surface area contributed by atoms with Gasteiger partial charge in [-0.3, -0.25) is 0 Å². The average molecular weight is 152 g/mol. The smallest absolute Gasteiger partial charge is 0.0493 e. The van der Waals surface area contributed by atoms with Gasteiger partial charge in [0.2, 0.25) is 0 Å². The molecular weight excluding hydrogens is 136 g/mol. The summed E-state index contributed by atoms with van der Waals surface area (Å²) in [7, 11) is 0. The van der Waals surface area contributed by atoms with Crippen molar-refractivity contribution in [3.63, 3.8) is 0 Å². The van der Waals surface area contributed by atoms with Gasteiger partial charge in [0.25, 0.3) is 0 Å². The molecule has 0 aromatic rings. The topological polar surface area (TPSA) is 20.2 Å². The first-order chi connectivity index (χ1) is 5.18. The zero-order chi connectivity index (χ0) is 8.06. The molecule has 2 aliphatic carbocycles. The molecule has 1 nitrogen and oxygen atoms in total. The van der Waals surface area contributed by atoms with Crippen molar-refractivity contribution >= 4 is 0 Å². The zero-order valence-electron chi connectivity index (χ0n) is 7.30. The van der Waals surface area contributed by atoms with Crippen molar-refractivity contribution < 1.29 is 5.11 Å². The first-order valence-electron chi connectivity index (χ1n) is 4.46. The molecule has 3 unspecified atom stereocenters. The Morgan fingerprint density at radius 2 is 2.45 bits per heavy atom. The molecule has 0 aliphatic heterocycles. The van der Waals surface area contributed by atoms with Crippen LogP contribution in [0.15, 0.2) is 11.6 Å². The minimum Gasteiger partial charge on any atom is -0.396 e. The van der Waals surface area contributed by atoms with Gasteiger partial charge in [-0.05, 0) is 31.6 Å². The molecular formula is C10H16O. The molecule has 0 heterocycles. The van der Waals surface area contributed by atoms with Crippen molar-refractivity contribution in [3.8, 4) is 0 Å². The SMILES string of the molecule is CC1=CC2C(CC1)C2(C)CO. The fourth-order valence-corrected chi connectivity index (χ4v) is 2.51. The molecule has 1 heteroatoms. The van der Waals surface area contributed by atoms with Crippen LogP contribution in [0.4, 0.5) is 0 Å². The van der Waals surface area contributed by atoms with Gasteiger partial charge in [-0.2, -0.15) is 0 Å². The number of fused-ring (bicyclic) bond motifs is 1. The molecule has 0 amide bonds. The van der Waals surface area contributed by atoms with Crippen LogP contribution in [0.25, 0.3) is 0 Å². The Hall–Kier alpha value is -0.300. The van der Waals surface area contributed by atoms with E-state index in [0.29, 0.717) is 12.5 Å². The van der Waals surface area contributed by atoms with E-state index >= 15 is 0 Å². The Balaban J connectivity index is 2.16. The monoisotopic (exact) mass is 152 g/mol. The summed E-state index contributed by atoms with van der Waals surface area (Å²) in [6, 6.07) is 0. The average Bonchev–Trinajstić information content (AvgIpc) is 2.58. The molecule has 0 aromatic heterocycles. The molecule has 62 valence electrons. The number of allylic oxidation sites excluding steroid dienone is 2. The molecule has 11 heavy (non-hydrogen) atoms. The van der Waals surface area contributed by atoms with Gasteiger partial charge in [0, 0.05) is 12.0 Å². The lowest BCUT2D eigenvalue weighted by Gasteiger charge is -2.05. The van der Waals surface area contributed by atoms with Gasteiger partial charge < -0.3 is 5.11 Å². The zero-order valence-corrected chi connectivity index (χ0v) is 7.30. The predicted molar refractivity (Wildman–Crippen MR) is 45.2 cm³/mol. The molecule has 0 spiro atoms. The van der Waals surface area contributed by atoms with E-state index in [1.54, 1.807) is 0 Å². The minimum absolute atomic E-state index is 0.248. The van der Waals surface area contributed by atoms with E-state index in [4.69, 9.17) is 5.11 Å². The van der Waals surface area contributed by atoms with Gasteiger partial charge in [-0.25, -0.2) is 0 Å². The van der Waals surface area contributed by atoms with Gasteiger partial charge >= 0.3 is 0 Å². The van der Waals surface area contributed by atoms with Crippen molar-refractivity contribution in [2.45, 2.75) is 26.7 Å². The molecule has 1 saturated carbocycles. The van der Waals surface area contributed by atoms with Gasteiger partial charge in [-0.1, -0.05) is 18.6 Å². The van der Waals surface area contributed by atoms with Crippen LogP contribution in [0.5, 0.6) is 0 Å². The fraction of sp³-hybridized carbons (Fsp3) is 0.800. The quantitative estimate of drug-likeness (QED) is 0.569. The van der Waals surface area contributed by atoms with Crippen LogP contribution in [-0.4, -0.2) is 11.7 Å². The first-order valence-corrected chi connectivity index (χ1v) is 4.46. The van der Waals surface area contributed by atoms with E-state index in [-0.39, 0.29) is 5.41 Å². The normalized spacial score (nSPS) is 48.1. The largest absolute Gasteiger partial charge is 0.396 e. The van der Waals surface area contributed by atoms with Crippen molar-refractivity contribution in [1.82, 2.24) is 0 Å². The molecule has 0 radical (unpaired) electrons. The highest BCUT2D eigenvalue weighted by Crippen LogP contribution is 2.63. The van der Waals surface area contributed by atoms with Crippen molar-refractivity contribution in [2.24, 2.45) is 17.3 Å². The number of aliphatic hydroxyl groups excluding tert-OH is 1. The van der Waals surface area contributed by atoms with Gasteiger partial charge in [-0.15, -0.1) is 0 Å². The maximum absolute atomic E-state index is 9.15. The lowest BCUT2D eigenvalue weighted by molar-refractivity contribution is 0.206. The summed E-state index contributed by atoms with van der Waals surface area (Å²) < 4.78 is 0. The standard InChI is InChI=1S/C10H16O/c1-7-3-4-8-9(5-7)10(8,2)6-11/h5,8-9,11H,3-4,6H2,1-2H3. The van der Waals surface area contributed by atoms with Crippen LogP contribution in [-0.2, 0) is 0 Å². The molecule has 2 rings (SSSR count). The molecule has 0 aromatic carbocycles. The number of hydrogen-bond acceptors (Lipinski definition) is 1. The van der Waals surface area contributed by atoms with E-state index < -0.39 is 0 Å². The third-order valence-electron chi connectivity index (χ3n) is 3.59. The summed E-state index contributed by atoms with van der Waals surface area (Å²) >= 11 is 0. The Morgan fingerprint density at radius 1 is 1.73 bits per heavy atom. The third kappa shape index (κ3) is 0.871. The maximum Gasteiger partial charge on any atom is 0.0493 e. The molecule has 2 aliphatic rings. The number of aliphatic hydroxyl groups is 1. The number of hydrogen-bond donors (Lipinski definition) is 1. The summed E-state index contributed by atoms with van der Waals surface area (Å²) in [5.74, 6) is 1.48. The molecule has 1 fully saturated rings. The predicted octanol–water partition coefficient (Wildman–Crippen LogP) is 1.97. The maximum atomic E-state index is 9.15. The Bertz CT molecular complexity index is 207. The van der Waals surface area contributed by atoms with Crippen LogP contribution < -0.4 is 0 Å². The van der Waals surface area contributed by atoms with Crippen LogP contribution in [0.3, 0.4) is 0 Å². The van der Waals surface area contributed by atoms with Crippen molar-refractivity contribution in [2.75, 3.05) is 6.61 Å². The van der Waals surface area contributed by atoms with Crippen LogP contribution in [0.2, 0.25) is 0 Å². The van der Waals surface area contributed by atoms with E-state index in [0.717, 1.165) is 5.92 Å². The summed E-state index contributed by atoms with van der Waals surface area (Å²) in [5.41, 5.74) is 1.76. The lowest BCUT2D eigenvalue weighted by Crippen LogP contribution is -2.04. The van der Waals surface area contributed by atoms with Gasteiger partial charge in [0.1, 0.15) is 0 Å². The van der Waals surface area contributed by atoms with E-state index in [2.05, 4.69) is 19.9 Å². The summed E-state index contributed by atoms with van der Waals surface area (Å²) in [5, 5.41) is 9.15. The van der Waals surface area contributed by atoms with E-state index in [1.165, 1.54) is 18.4 Å². The minimum atomic E-state index is 0.248. The fourth-order valence-electron chi connectivity index (χ4n) is 2.51. The highest BCUT2D eigenvalue weighted by Gasteiger charge is 2.59. The molecule has 0 saturated heterocycles. The Kier molecular flexibility index (Phi) is 1.40. The highest BCUT2D eigenvalue weighted by molar-refractivity contribution is 5.23. The Labute approximate surface area is 68.1 Å². The summed E-state index contributed by atoms with van der Waals surface area (Å²) in [4.78, 5) is 0. The van der Waals surface area contributed by atoms with Crippen LogP contribution in [0.1, 0.15) is 26.7 Å². The second kappa shape index (κ2) is 2.10. The number of rotatable bonds is 1. The van der Waals surface area contributed by atoms with Crippen LogP contribution >= 0.6 is 0 Å². The van der Waals surface area contributed by atoms with E-state index in [1.807, 2.05) is 0 Å². The van der Waals surface area contributed by atoms with Gasteiger partial charge in [0.15, 0.2) is 0 Å². The Morgan fingerprint density at radius 3 is 3.00 bits per heavy atom. The van der Waals surface area contributed by atoms with Gasteiger partial charge in [0.05, 0.1) is 0 Å².